The molecule has 2 amide bonds. The van der Waals surface area contributed by atoms with E-state index in [1.807, 2.05) is 53.5 Å². The fourth-order valence-corrected chi connectivity index (χ4v) is 6.51. The van der Waals surface area contributed by atoms with Crippen LogP contribution in [0, 0.1) is 0 Å². The molecule has 1 fully saturated rings. The maximum atomic E-state index is 13.7. The number of para-hydroxylation sites is 1. The zero-order valence-electron chi connectivity index (χ0n) is 28.0. The summed E-state index contributed by atoms with van der Waals surface area (Å²) in [6, 6.07) is 29.1. The zero-order chi connectivity index (χ0) is 34.5. The molecule has 10 heteroatoms. The van der Waals surface area contributed by atoms with Crippen molar-refractivity contribution in [2.24, 2.45) is 0 Å². The number of fused-ring (bicyclic) bond motifs is 1. The molecule has 1 aliphatic rings. The molecular formula is C40H38N6O4. The first-order chi connectivity index (χ1) is 24.5. The number of likely N-dealkylation sites (tertiary alicyclic amines) is 1. The van der Waals surface area contributed by atoms with E-state index in [0.717, 1.165) is 49.1 Å². The molecule has 6 aromatic rings. The van der Waals surface area contributed by atoms with E-state index in [1.54, 1.807) is 24.4 Å². The Morgan fingerprint density at radius 1 is 0.840 bits per heavy atom. The van der Waals surface area contributed by atoms with Gasteiger partial charge >= 0.3 is 0 Å². The Morgan fingerprint density at radius 3 is 2.38 bits per heavy atom. The predicted octanol–water partition coefficient (Wildman–Crippen LogP) is 7.32. The third kappa shape index (κ3) is 7.20. The molecule has 0 atom stereocenters. The van der Waals surface area contributed by atoms with Crippen molar-refractivity contribution in [3.8, 4) is 17.2 Å². The standard InChI is InChI=1S/C40H38N6O4/c1-49-37-22-34(36(23-38(37)50-2)44-39(47)31-21-30-7-3-4-9-35(30)42-24-31)40(48)43-32-12-10-28(11-13-32)29-14-17-45(18-15-29)25-27-6-5-8-33(20-27)46-19-16-41-26-46/h3-13,16,19-24,26,29H,14-15,17-18,25H2,1-2H3,(H,43,48)(H,44,47). The second-order valence-electron chi connectivity index (χ2n) is 12.4. The van der Waals surface area contributed by atoms with E-state index in [0.29, 0.717) is 28.7 Å². The Hall–Kier alpha value is -6.00. The normalized spacial score (nSPS) is 13.6. The Balaban J connectivity index is 1.00. The topological polar surface area (TPSA) is 111 Å². The lowest BCUT2D eigenvalue weighted by Gasteiger charge is -2.32. The second-order valence-corrected chi connectivity index (χ2v) is 12.4. The summed E-state index contributed by atoms with van der Waals surface area (Å²) in [6.07, 6.45) is 9.22. The maximum absolute atomic E-state index is 13.7. The van der Waals surface area contributed by atoms with Gasteiger partial charge in [-0.2, -0.15) is 0 Å². The van der Waals surface area contributed by atoms with Gasteiger partial charge in [-0.05, 0) is 85.4 Å². The lowest BCUT2D eigenvalue weighted by Crippen LogP contribution is -2.32. The molecule has 2 aromatic heterocycles. The SMILES string of the molecule is COc1cc(NC(=O)c2cnc3ccccc3c2)c(C(=O)Nc2ccc(C3CCN(Cc4cccc(-n5ccnc5)c4)CC3)cc2)cc1OC. The number of rotatable bonds is 10. The highest BCUT2D eigenvalue weighted by Crippen LogP contribution is 2.35. The number of carbonyl (C=O) groups excluding carboxylic acids is 2. The fourth-order valence-electron chi connectivity index (χ4n) is 6.51. The van der Waals surface area contributed by atoms with Crippen LogP contribution in [-0.2, 0) is 6.54 Å². The molecule has 7 rings (SSSR count). The minimum atomic E-state index is -0.400. The van der Waals surface area contributed by atoms with Gasteiger partial charge in [0, 0.05) is 48.0 Å². The molecule has 0 bridgehead atoms. The fraction of sp³-hybridized carbons (Fsp3) is 0.200. The summed E-state index contributed by atoms with van der Waals surface area (Å²) in [5, 5.41) is 6.71. The van der Waals surface area contributed by atoms with E-state index in [4.69, 9.17) is 9.47 Å². The van der Waals surface area contributed by atoms with Crippen molar-refractivity contribution in [2.75, 3.05) is 37.9 Å². The number of imidazole rings is 1. The van der Waals surface area contributed by atoms with Crippen LogP contribution in [0.4, 0.5) is 11.4 Å². The van der Waals surface area contributed by atoms with Crippen molar-refractivity contribution in [1.82, 2.24) is 19.4 Å². The highest BCUT2D eigenvalue weighted by atomic mass is 16.5. The number of carbonyl (C=O) groups is 2. The van der Waals surface area contributed by atoms with Crippen LogP contribution < -0.4 is 20.1 Å². The smallest absolute Gasteiger partial charge is 0.257 e. The lowest BCUT2D eigenvalue weighted by atomic mass is 9.89. The highest BCUT2D eigenvalue weighted by Gasteiger charge is 2.22. The zero-order valence-corrected chi connectivity index (χ0v) is 28.0. The minimum Gasteiger partial charge on any atom is -0.493 e. The molecule has 0 aliphatic carbocycles. The Kier molecular flexibility index (Phi) is 9.52. The summed E-state index contributed by atoms with van der Waals surface area (Å²) in [7, 11) is 3.01. The number of hydrogen-bond acceptors (Lipinski definition) is 7. The largest absolute Gasteiger partial charge is 0.493 e. The molecule has 1 saturated heterocycles. The summed E-state index contributed by atoms with van der Waals surface area (Å²) in [6.45, 7) is 2.95. The molecule has 2 N–H and O–H groups in total. The summed E-state index contributed by atoms with van der Waals surface area (Å²) >= 11 is 0. The first kappa shape index (κ1) is 32.5. The molecule has 0 unspecified atom stereocenters. The van der Waals surface area contributed by atoms with Gasteiger partial charge in [0.25, 0.3) is 11.8 Å². The number of hydrogen-bond donors (Lipinski definition) is 2. The van der Waals surface area contributed by atoms with E-state index >= 15 is 0 Å². The summed E-state index contributed by atoms with van der Waals surface area (Å²) < 4.78 is 13.0. The van der Waals surface area contributed by atoms with Crippen molar-refractivity contribution in [3.05, 3.63) is 138 Å². The number of piperidine rings is 1. The van der Waals surface area contributed by atoms with E-state index in [2.05, 4.69) is 61.9 Å². The number of nitrogens with one attached hydrogen (secondary N) is 2. The Labute approximate surface area is 290 Å². The number of anilines is 2. The van der Waals surface area contributed by atoms with Crippen LogP contribution in [0.25, 0.3) is 16.6 Å². The Bertz CT molecular complexity index is 2120. The van der Waals surface area contributed by atoms with Gasteiger partial charge in [0.05, 0.1) is 42.9 Å². The van der Waals surface area contributed by atoms with Gasteiger partial charge in [0.2, 0.25) is 0 Å². The summed E-state index contributed by atoms with van der Waals surface area (Å²) in [5.41, 5.74) is 5.99. The van der Waals surface area contributed by atoms with Gasteiger partial charge in [-0.3, -0.25) is 19.5 Å². The van der Waals surface area contributed by atoms with Crippen LogP contribution in [-0.4, -0.2) is 58.6 Å². The molecule has 0 radical (unpaired) electrons. The molecule has 3 heterocycles. The van der Waals surface area contributed by atoms with Crippen LogP contribution in [0.2, 0.25) is 0 Å². The van der Waals surface area contributed by atoms with Crippen LogP contribution in [0.1, 0.15) is 50.6 Å². The number of amides is 2. The van der Waals surface area contributed by atoms with E-state index in [9.17, 15) is 9.59 Å². The number of pyridine rings is 1. The van der Waals surface area contributed by atoms with Crippen LogP contribution in [0.3, 0.4) is 0 Å². The van der Waals surface area contributed by atoms with Crippen LogP contribution >= 0.6 is 0 Å². The van der Waals surface area contributed by atoms with Gasteiger partial charge in [-0.15, -0.1) is 0 Å². The van der Waals surface area contributed by atoms with Crippen LogP contribution in [0.15, 0.2) is 116 Å². The lowest BCUT2D eigenvalue weighted by molar-refractivity contribution is 0.102. The number of ether oxygens (including phenoxy) is 2. The number of benzene rings is 4. The third-order valence-corrected chi connectivity index (χ3v) is 9.22. The summed E-state index contributed by atoms with van der Waals surface area (Å²) in [4.78, 5) is 38.1. The molecule has 4 aromatic carbocycles. The van der Waals surface area contributed by atoms with E-state index < -0.39 is 11.8 Å². The van der Waals surface area contributed by atoms with Crippen LogP contribution in [0.5, 0.6) is 11.5 Å². The summed E-state index contributed by atoms with van der Waals surface area (Å²) in [5.74, 6) is 0.412. The van der Waals surface area contributed by atoms with Crippen molar-refractivity contribution in [2.45, 2.75) is 25.3 Å². The first-order valence-corrected chi connectivity index (χ1v) is 16.6. The van der Waals surface area contributed by atoms with Crippen molar-refractivity contribution < 1.29 is 19.1 Å². The minimum absolute atomic E-state index is 0.233. The molecule has 10 nitrogen and oxygen atoms in total. The molecule has 0 saturated carbocycles. The average Bonchev–Trinajstić information content (AvgIpc) is 3.71. The number of aromatic nitrogens is 3. The molecule has 50 heavy (non-hydrogen) atoms. The van der Waals surface area contributed by atoms with Crippen molar-refractivity contribution in [3.63, 3.8) is 0 Å². The van der Waals surface area contributed by atoms with Gasteiger partial charge in [0.15, 0.2) is 11.5 Å². The van der Waals surface area contributed by atoms with E-state index in [1.165, 1.54) is 31.5 Å². The third-order valence-electron chi connectivity index (χ3n) is 9.22. The predicted molar refractivity (Wildman–Crippen MR) is 194 cm³/mol. The highest BCUT2D eigenvalue weighted by molar-refractivity contribution is 6.13. The average molecular weight is 667 g/mol. The monoisotopic (exact) mass is 666 g/mol. The van der Waals surface area contributed by atoms with Gasteiger partial charge < -0.3 is 24.7 Å². The van der Waals surface area contributed by atoms with Gasteiger partial charge in [0.1, 0.15) is 0 Å². The number of nitrogens with zero attached hydrogens (tertiary/aromatic N) is 4. The molecule has 0 spiro atoms. The van der Waals surface area contributed by atoms with Gasteiger partial charge in [-0.25, -0.2) is 4.98 Å². The van der Waals surface area contributed by atoms with Gasteiger partial charge in [-0.1, -0.05) is 42.5 Å². The van der Waals surface area contributed by atoms with E-state index in [-0.39, 0.29) is 11.3 Å². The maximum Gasteiger partial charge on any atom is 0.257 e. The molecule has 252 valence electrons. The van der Waals surface area contributed by atoms with Crippen molar-refractivity contribution >= 4 is 34.1 Å². The quantitative estimate of drug-likeness (QED) is 0.158. The second kappa shape index (κ2) is 14.6. The first-order valence-electron chi connectivity index (χ1n) is 16.6. The molecule has 1 aliphatic heterocycles. The Morgan fingerprint density at radius 2 is 1.62 bits per heavy atom. The molecular weight excluding hydrogens is 628 g/mol. The van der Waals surface area contributed by atoms with Crippen molar-refractivity contribution in [1.29, 1.82) is 0 Å². The number of methoxy groups -OCH3 is 2.